The van der Waals surface area contributed by atoms with Gasteiger partial charge in [0.1, 0.15) is 0 Å². The van der Waals surface area contributed by atoms with E-state index in [1.807, 2.05) is 43.5 Å². The average Bonchev–Trinajstić information content (AvgIpc) is 3.01. The number of anilines is 2. The lowest BCUT2D eigenvalue weighted by molar-refractivity contribution is -0.116. The Morgan fingerprint density at radius 1 is 1.00 bits per heavy atom. The molecule has 3 rings (SSSR count). The second-order valence-corrected chi connectivity index (χ2v) is 6.42. The number of carbonyl (C=O) groups is 2. The highest BCUT2D eigenvalue weighted by atomic mass is 16.2. The number of amides is 2. The lowest BCUT2D eigenvalue weighted by Gasteiger charge is -2.12. The van der Waals surface area contributed by atoms with Gasteiger partial charge in [-0.2, -0.15) is 0 Å². The molecule has 0 bridgehead atoms. The van der Waals surface area contributed by atoms with Crippen LogP contribution in [0.4, 0.5) is 11.4 Å². The second-order valence-electron chi connectivity index (χ2n) is 6.42. The Balaban J connectivity index is 1.57. The van der Waals surface area contributed by atoms with Crippen molar-refractivity contribution < 1.29 is 9.59 Å². The predicted octanol–water partition coefficient (Wildman–Crippen LogP) is 4.40. The lowest BCUT2D eigenvalue weighted by atomic mass is 10.1. The molecule has 0 aliphatic heterocycles. The van der Waals surface area contributed by atoms with E-state index in [1.54, 1.807) is 0 Å². The highest BCUT2D eigenvalue weighted by molar-refractivity contribution is 5.95. The zero-order valence-corrected chi connectivity index (χ0v) is 15.1. The smallest absolute Gasteiger partial charge is 0.224 e. The minimum atomic E-state index is -0.129. The molecule has 3 N–H and O–H groups in total. The van der Waals surface area contributed by atoms with Gasteiger partial charge in [-0.15, -0.1) is 0 Å². The van der Waals surface area contributed by atoms with E-state index >= 15 is 0 Å². The summed E-state index contributed by atoms with van der Waals surface area (Å²) in [4.78, 5) is 26.8. The topological polar surface area (TPSA) is 74.0 Å². The summed E-state index contributed by atoms with van der Waals surface area (Å²) in [7, 11) is 0. The van der Waals surface area contributed by atoms with Gasteiger partial charge < -0.3 is 15.6 Å². The van der Waals surface area contributed by atoms with Crippen LogP contribution < -0.4 is 10.6 Å². The highest BCUT2D eigenvalue weighted by Gasteiger charge is 2.09. The van der Waals surface area contributed by atoms with Gasteiger partial charge in [0.2, 0.25) is 11.8 Å². The number of hydrogen-bond acceptors (Lipinski definition) is 2. The summed E-state index contributed by atoms with van der Waals surface area (Å²) < 4.78 is 0. The summed E-state index contributed by atoms with van der Waals surface area (Å²) in [6.07, 6.45) is 4.09. The van der Waals surface area contributed by atoms with Gasteiger partial charge in [0.05, 0.1) is 0 Å². The fourth-order valence-electron chi connectivity index (χ4n) is 3.09. The van der Waals surface area contributed by atoms with Crippen molar-refractivity contribution in [1.82, 2.24) is 4.98 Å². The molecule has 0 radical (unpaired) electrons. The molecule has 0 aliphatic carbocycles. The van der Waals surface area contributed by atoms with E-state index in [2.05, 4.69) is 27.8 Å². The zero-order chi connectivity index (χ0) is 18.5. The van der Waals surface area contributed by atoms with Gasteiger partial charge in [0.25, 0.3) is 0 Å². The Morgan fingerprint density at radius 2 is 1.73 bits per heavy atom. The number of fused-ring (bicyclic) bond motifs is 1. The van der Waals surface area contributed by atoms with Gasteiger partial charge in [-0.1, -0.05) is 24.3 Å². The van der Waals surface area contributed by atoms with Gasteiger partial charge >= 0.3 is 0 Å². The summed E-state index contributed by atoms with van der Waals surface area (Å²) in [5.74, 6) is -0.150. The van der Waals surface area contributed by atoms with E-state index < -0.39 is 0 Å². The van der Waals surface area contributed by atoms with Crippen LogP contribution >= 0.6 is 0 Å². The minimum absolute atomic E-state index is 0.0204. The summed E-state index contributed by atoms with van der Waals surface area (Å²) in [6, 6.07) is 13.7. The largest absolute Gasteiger partial charge is 0.361 e. The number of para-hydroxylation sites is 1. The zero-order valence-electron chi connectivity index (χ0n) is 15.1. The molecule has 0 saturated carbocycles. The van der Waals surface area contributed by atoms with Crippen molar-refractivity contribution in [1.29, 1.82) is 0 Å². The number of nitrogens with one attached hydrogen (secondary N) is 3. The van der Waals surface area contributed by atoms with Gasteiger partial charge in [0.15, 0.2) is 0 Å². The molecule has 0 saturated heterocycles. The minimum Gasteiger partial charge on any atom is -0.361 e. The first-order valence-corrected chi connectivity index (χ1v) is 8.76. The number of carbonyl (C=O) groups excluding carboxylic acids is 2. The fraction of sp³-hybridized carbons (Fsp3) is 0.238. The maximum absolute atomic E-state index is 12.3. The average molecular weight is 349 g/mol. The van der Waals surface area contributed by atoms with Crippen molar-refractivity contribution in [3.05, 3.63) is 59.8 Å². The molecule has 0 spiro atoms. The molecule has 0 aliphatic rings. The fourth-order valence-corrected chi connectivity index (χ4v) is 3.09. The summed E-state index contributed by atoms with van der Waals surface area (Å²) in [5.41, 5.74) is 4.66. The van der Waals surface area contributed by atoms with Gasteiger partial charge in [-0.05, 0) is 49.1 Å². The van der Waals surface area contributed by atoms with Crippen molar-refractivity contribution in [2.45, 2.75) is 33.1 Å². The molecule has 0 atom stereocenters. The maximum Gasteiger partial charge on any atom is 0.224 e. The van der Waals surface area contributed by atoms with E-state index in [0.717, 1.165) is 29.6 Å². The van der Waals surface area contributed by atoms with Crippen LogP contribution in [-0.4, -0.2) is 16.8 Å². The van der Waals surface area contributed by atoms with Crippen molar-refractivity contribution in [2.24, 2.45) is 0 Å². The summed E-state index contributed by atoms with van der Waals surface area (Å²) in [6.45, 7) is 3.35. The van der Waals surface area contributed by atoms with Crippen LogP contribution in [0.15, 0.2) is 48.7 Å². The highest BCUT2D eigenvalue weighted by Crippen LogP contribution is 2.24. The Hall–Kier alpha value is -3.08. The Bertz CT molecular complexity index is 943. The third kappa shape index (κ3) is 4.11. The summed E-state index contributed by atoms with van der Waals surface area (Å²) in [5, 5.41) is 6.93. The molecule has 5 nitrogen and oxygen atoms in total. The maximum atomic E-state index is 12.3. The first kappa shape index (κ1) is 17.7. The van der Waals surface area contributed by atoms with Crippen LogP contribution in [0.2, 0.25) is 0 Å². The first-order chi connectivity index (χ1) is 12.5. The normalized spacial score (nSPS) is 10.7. The third-order valence-electron chi connectivity index (χ3n) is 4.44. The Kier molecular flexibility index (Phi) is 5.37. The van der Waals surface area contributed by atoms with Crippen LogP contribution in [-0.2, 0) is 16.0 Å². The van der Waals surface area contributed by atoms with Crippen molar-refractivity contribution in [2.75, 3.05) is 10.6 Å². The van der Waals surface area contributed by atoms with Gasteiger partial charge in [-0.3, -0.25) is 9.59 Å². The molecule has 2 aromatic carbocycles. The number of aryl methyl sites for hydroxylation is 1. The lowest BCUT2D eigenvalue weighted by Crippen LogP contribution is -2.14. The standard InChI is InChI=1S/C21H23N3O2/c1-14-18(23-15(2)25)10-6-11-19(14)24-21(26)12-5-7-16-13-22-20-9-4-3-8-17(16)20/h3-4,6,8-11,13,22H,5,7,12H2,1-2H3,(H,23,25)(H,24,26). The molecule has 0 unspecified atom stereocenters. The van der Waals surface area contributed by atoms with E-state index in [4.69, 9.17) is 0 Å². The molecular formula is C21H23N3O2. The van der Waals surface area contributed by atoms with Gasteiger partial charge in [-0.25, -0.2) is 0 Å². The van der Waals surface area contributed by atoms with Crippen LogP contribution in [0, 0.1) is 6.92 Å². The predicted molar refractivity (Wildman–Crippen MR) is 105 cm³/mol. The van der Waals surface area contributed by atoms with Gasteiger partial charge in [0, 0.05) is 41.8 Å². The Morgan fingerprint density at radius 3 is 2.50 bits per heavy atom. The molecule has 134 valence electrons. The molecule has 1 heterocycles. The first-order valence-electron chi connectivity index (χ1n) is 8.76. The van der Waals surface area contributed by atoms with Crippen LogP contribution in [0.3, 0.4) is 0 Å². The number of rotatable bonds is 6. The number of aromatic nitrogens is 1. The number of hydrogen-bond donors (Lipinski definition) is 3. The monoisotopic (exact) mass is 349 g/mol. The summed E-state index contributed by atoms with van der Waals surface area (Å²) >= 11 is 0. The molecule has 2 amide bonds. The molecule has 5 heteroatoms. The molecule has 1 aromatic heterocycles. The third-order valence-corrected chi connectivity index (χ3v) is 4.44. The molecular weight excluding hydrogens is 326 g/mol. The van der Waals surface area contributed by atoms with Crippen LogP contribution in [0.1, 0.15) is 30.9 Å². The number of H-pyrrole nitrogens is 1. The number of aromatic amines is 1. The van der Waals surface area contributed by atoms with E-state index in [1.165, 1.54) is 17.9 Å². The number of benzene rings is 2. The second kappa shape index (κ2) is 7.87. The van der Waals surface area contributed by atoms with Crippen molar-refractivity contribution in [3.63, 3.8) is 0 Å². The molecule has 0 fully saturated rings. The van der Waals surface area contributed by atoms with Crippen molar-refractivity contribution >= 4 is 34.1 Å². The van der Waals surface area contributed by atoms with Crippen molar-refractivity contribution in [3.8, 4) is 0 Å². The molecule has 26 heavy (non-hydrogen) atoms. The van der Waals surface area contributed by atoms with Crippen LogP contribution in [0.5, 0.6) is 0 Å². The van der Waals surface area contributed by atoms with Crippen LogP contribution in [0.25, 0.3) is 10.9 Å². The Labute approximate surface area is 152 Å². The van der Waals surface area contributed by atoms with E-state index in [9.17, 15) is 9.59 Å². The SMILES string of the molecule is CC(=O)Nc1cccc(NC(=O)CCCc2c[nH]c3ccccc23)c1C. The van der Waals surface area contributed by atoms with E-state index in [-0.39, 0.29) is 11.8 Å². The van der Waals surface area contributed by atoms with E-state index in [0.29, 0.717) is 12.1 Å². The molecule has 3 aromatic rings. The quantitative estimate of drug-likeness (QED) is 0.617.